The largest absolute Gasteiger partial charge is 0.497 e. The van der Waals surface area contributed by atoms with Gasteiger partial charge in [-0.05, 0) is 62.5 Å². The van der Waals surface area contributed by atoms with E-state index in [9.17, 15) is 0 Å². The molecule has 0 fully saturated rings. The van der Waals surface area contributed by atoms with E-state index in [4.69, 9.17) is 10.5 Å². The number of methoxy groups -OCH3 is 1. The van der Waals surface area contributed by atoms with Gasteiger partial charge in [-0.25, -0.2) is 0 Å². The number of unbranched alkanes of at least 4 members (excludes halogenated alkanes) is 1. The van der Waals surface area contributed by atoms with Crippen LogP contribution in [0.25, 0.3) is 0 Å². The van der Waals surface area contributed by atoms with Crippen LogP contribution in [0.5, 0.6) is 5.75 Å². The SMILES string of the molecule is CCCCN(C)C1(CN)CCCc2ccc(OC)cc21. The van der Waals surface area contributed by atoms with Crippen molar-refractivity contribution < 1.29 is 4.74 Å². The van der Waals surface area contributed by atoms with E-state index < -0.39 is 0 Å². The zero-order valence-corrected chi connectivity index (χ0v) is 13.1. The van der Waals surface area contributed by atoms with Gasteiger partial charge in [0.05, 0.1) is 12.6 Å². The summed E-state index contributed by atoms with van der Waals surface area (Å²) < 4.78 is 5.42. The van der Waals surface area contributed by atoms with Gasteiger partial charge in [0.2, 0.25) is 0 Å². The van der Waals surface area contributed by atoms with Crippen LogP contribution >= 0.6 is 0 Å². The van der Waals surface area contributed by atoms with Crippen LogP contribution in [0.2, 0.25) is 0 Å². The van der Waals surface area contributed by atoms with Crippen LogP contribution in [0.4, 0.5) is 0 Å². The average molecular weight is 276 g/mol. The van der Waals surface area contributed by atoms with Gasteiger partial charge < -0.3 is 10.5 Å². The first-order valence-electron chi connectivity index (χ1n) is 7.76. The van der Waals surface area contributed by atoms with Gasteiger partial charge in [-0.15, -0.1) is 0 Å². The molecule has 1 unspecified atom stereocenters. The van der Waals surface area contributed by atoms with E-state index in [1.807, 2.05) is 0 Å². The number of rotatable bonds is 6. The molecular formula is C17H28N2O. The molecule has 0 radical (unpaired) electrons. The number of nitrogens with two attached hydrogens (primary N) is 1. The Hall–Kier alpha value is -1.06. The minimum atomic E-state index is -0.0166. The normalized spacial score (nSPS) is 21.9. The van der Waals surface area contributed by atoms with Crippen molar-refractivity contribution in [1.82, 2.24) is 4.90 Å². The van der Waals surface area contributed by atoms with Crippen molar-refractivity contribution in [2.24, 2.45) is 5.73 Å². The maximum absolute atomic E-state index is 6.23. The van der Waals surface area contributed by atoms with Crippen molar-refractivity contribution >= 4 is 0 Å². The number of hydrogen-bond donors (Lipinski definition) is 1. The van der Waals surface area contributed by atoms with E-state index in [0.29, 0.717) is 6.54 Å². The van der Waals surface area contributed by atoms with Crippen LogP contribution in [0, 0.1) is 0 Å². The van der Waals surface area contributed by atoms with Crippen molar-refractivity contribution in [3.05, 3.63) is 29.3 Å². The Morgan fingerprint density at radius 1 is 1.40 bits per heavy atom. The van der Waals surface area contributed by atoms with Crippen LogP contribution in [0.3, 0.4) is 0 Å². The van der Waals surface area contributed by atoms with E-state index in [1.54, 1.807) is 7.11 Å². The topological polar surface area (TPSA) is 38.5 Å². The Bertz CT molecular complexity index is 447. The highest BCUT2D eigenvalue weighted by Crippen LogP contribution is 2.40. The Balaban J connectivity index is 2.40. The molecule has 112 valence electrons. The summed E-state index contributed by atoms with van der Waals surface area (Å²) in [6.07, 6.45) is 5.95. The van der Waals surface area contributed by atoms with Crippen molar-refractivity contribution in [2.75, 3.05) is 27.2 Å². The fraction of sp³-hybridized carbons (Fsp3) is 0.647. The molecule has 1 aromatic carbocycles. The van der Waals surface area contributed by atoms with Crippen molar-refractivity contribution in [3.63, 3.8) is 0 Å². The van der Waals surface area contributed by atoms with Crippen molar-refractivity contribution in [2.45, 2.75) is 44.6 Å². The number of likely N-dealkylation sites (N-methyl/N-ethyl adjacent to an activating group) is 1. The summed E-state index contributed by atoms with van der Waals surface area (Å²) in [4.78, 5) is 2.47. The molecule has 0 spiro atoms. The molecular weight excluding hydrogens is 248 g/mol. The average Bonchev–Trinajstić information content (AvgIpc) is 2.51. The van der Waals surface area contributed by atoms with Gasteiger partial charge in [-0.3, -0.25) is 4.90 Å². The lowest BCUT2D eigenvalue weighted by molar-refractivity contribution is 0.102. The number of benzene rings is 1. The van der Waals surface area contributed by atoms with E-state index in [0.717, 1.165) is 25.1 Å². The predicted octanol–water partition coefficient (Wildman–Crippen LogP) is 2.92. The van der Waals surface area contributed by atoms with E-state index in [1.165, 1.54) is 30.4 Å². The molecule has 1 aliphatic carbocycles. The number of fused-ring (bicyclic) bond motifs is 1. The smallest absolute Gasteiger partial charge is 0.119 e. The molecule has 1 atom stereocenters. The lowest BCUT2D eigenvalue weighted by Gasteiger charge is -2.45. The second-order valence-electron chi connectivity index (χ2n) is 5.89. The van der Waals surface area contributed by atoms with Crippen molar-refractivity contribution in [3.8, 4) is 5.75 Å². The molecule has 0 saturated heterocycles. The van der Waals surface area contributed by atoms with Crippen molar-refractivity contribution in [1.29, 1.82) is 0 Å². The summed E-state index contributed by atoms with van der Waals surface area (Å²) in [6.45, 7) is 4.01. The molecule has 1 aliphatic rings. The van der Waals surface area contributed by atoms with Crippen LogP contribution in [-0.2, 0) is 12.0 Å². The molecule has 3 nitrogen and oxygen atoms in total. The molecule has 2 N–H and O–H groups in total. The van der Waals surface area contributed by atoms with Gasteiger partial charge >= 0.3 is 0 Å². The summed E-state index contributed by atoms with van der Waals surface area (Å²) in [5.74, 6) is 0.937. The van der Waals surface area contributed by atoms with Crippen LogP contribution < -0.4 is 10.5 Å². The van der Waals surface area contributed by atoms with Gasteiger partial charge in [0, 0.05) is 6.54 Å². The number of hydrogen-bond acceptors (Lipinski definition) is 3. The molecule has 0 aliphatic heterocycles. The third-order valence-corrected chi connectivity index (χ3v) is 4.77. The highest BCUT2D eigenvalue weighted by molar-refractivity contribution is 5.42. The van der Waals surface area contributed by atoms with E-state index in [2.05, 4.69) is 37.1 Å². The summed E-state index contributed by atoms with van der Waals surface area (Å²) >= 11 is 0. The second-order valence-corrected chi connectivity index (χ2v) is 5.89. The van der Waals surface area contributed by atoms with Crippen LogP contribution in [0.1, 0.15) is 43.7 Å². The van der Waals surface area contributed by atoms with Gasteiger partial charge in [0.1, 0.15) is 5.75 Å². The van der Waals surface area contributed by atoms with E-state index in [-0.39, 0.29) is 5.54 Å². The molecule has 0 bridgehead atoms. The zero-order chi connectivity index (χ0) is 14.6. The first-order chi connectivity index (χ1) is 9.67. The summed E-state index contributed by atoms with van der Waals surface area (Å²) in [7, 11) is 3.95. The Labute approximate surface area is 123 Å². The minimum Gasteiger partial charge on any atom is -0.497 e. The molecule has 1 aromatic rings. The maximum Gasteiger partial charge on any atom is 0.119 e. The second kappa shape index (κ2) is 6.59. The van der Waals surface area contributed by atoms with E-state index >= 15 is 0 Å². The third kappa shape index (κ3) is 2.70. The predicted molar refractivity (Wildman–Crippen MR) is 84.2 cm³/mol. The molecule has 20 heavy (non-hydrogen) atoms. The molecule has 0 aromatic heterocycles. The quantitative estimate of drug-likeness (QED) is 0.868. The standard InChI is InChI=1S/C17H28N2O/c1-4-5-11-19(2)17(13-18)10-6-7-14-8-9-15(20-3)12-16(14)17/h8-9,12H,4-7,10-11,13,18H2,1-3H3. The fourth-order valence-corrected chi connectivity index (χ4v) is 3.41. The zero-order valence-electron chi connectivity index (χ0n) is 13.1. The molecule has 0 amide bonds. The Morgan fingerprint density at radius 3 is 2.85 bits per heavy atom. The monoisotopic (exact) mass is 276 g/mol. The van der Waals surface area contributed by atoms with Crippen LogP contribution in [0.15, 0.2) is 18.2 Å². The number of aryl methyl sites for hydroxylation is 1. The highest BCUT2D eigenvalue weighted by Gasteiger charge is 2.38. The first kappa shape index (κ1) is 15.3. The summed E-state index contributed by atoms with van der Waals surface area (Å²) in [5, 5.41) is 0. The molecule has 0 saturated carbocycles. The summed E-state index contributed by atoms with van der Waals surface area (Å²) in [6, 6.07) is 6.48. The fourth-order valence-electron chi connectivity index (χ4n) is 3.41. The number of ether oxygens (including phenoxy) is 1. The Morgan fingerprint density at radius 2 is 2.20 bits per heavy atom. The number of nitrogens with zero attached hydrogens (tertiary/aromatic N) is 1. The summed E-state index contributed by atoms with van der Waals surface area (Å²) in [5.41, 5.74) is 9.03. The lowest BCUT2D eigenvalue weighted by atomic mass is 9.75. The van der Waals surface area contributed by atoms with Gasteiger partial charge in [0.15, 0.2) is 0 Å². The van der Waals surface area contributed by atoms with Crippen LogP contribution in [-0.4, -0.2) is 32.1 Å². The first-order valence-corrected chi connectivity index (χ1v) is 7.76. The Kier molecular flexibility index (Phi) is 5.06. The minimum absolute atomic E-state index is 0.0166. The molecule has 0 heterocycles. The van der Waals surface area contributed by atoms with Gasteiger partial charge in [-0.1, -0.05) is 19.4 Å². The van der Waals surface area contributed by atoms with Gasteiger partial charge in [0.25, 0.3) is 0 Å². The molecule has 2 rings (SSSR count). The lowest BCUT2D eigenvalue weighted by Crippen LogP contribution is -2.51. The van der Waals surface area contributed by atoms with Gasteiger partial charge in [-0.2, -0.15) is 0 Å². The molecule has 3 heteroatoms. The highest BCUT2D eigenvalue weighted by atomic mass is 16.5. The third-order valence-electron chi connectivity index (χ3n) is 4.77. The maximum atomic E-state index is 6.23.